The summed E-state index contributed by atoms with van der Waals surface area (Å²) < 4.78 is 6.14. The minimum atomic E-state index is -1.16. The predicted molar refractivity (Wildman–Crippen MR) is 163 cm³/mol. The van der Waals surface area contributed by atoms with Crippen LogP contribution in [0.4, 0.5) is 5.69 Å². The SMILES string of the molecule is CC(=O)SCC1=C(C(=O)OC(c2ccccc2)c2ccccc2)N2C(=O)C(C)(N=Cc3ccc([N+](=O)[O-])cc3)[C@H]2SC1. The largest absolute Gasteiger partial charge is 0.448 e. The molecule has 11 heteroatoms. The number of carbonyl (C=O) groups is 3. The highest BCUT2D eigenvalue weighted by Crippen LogP contribution is 2.49. The van der Waals surface area contributed by atoms with E-state index in [0.29, 0.717) is 16.9 Å². The standard InChI is InChI=1S/C31H27N3O6S2/c1-20(35)41-18-24-19-42-30-31(2,32-17-21-13-15-25(16-14-21)34(38)39)29(37)33(30)26(24)28(36)40-27(22-9-5-3-6-10-22)23-11-7-4-8-12-23/h3-17,27,30H,18-19H2,1-2H3/t30-,31?/m1/s1. The fourth-order valence-corrected chi connectivity index (χ4v) is 6.99. The molecule has 2 heterocycles. The summed E-state index contributed by atoms with van der Waals surface area (Å²) in [7, 11) is 0. The van der Waals surface area contributed by atoms with Crippen molar-refractivity contribution in [1.29, 1.82) is 0 Å². The summed E-state index contributed by atoms with van der Waals surface area (Å²) in [6, 6.07) is 24.6. The fraction of sp³-hybridized carbons (Fsp3) is 0.226. The number of nitro benzene ring substituents is 1. The molecule has 2 aliphatic heterocycles. The van der Waals surface area contributed by atoms with E-state index < -0.39 is 27.9 Å². The quantitative estimate of drug-likeness (QED) is 0.103. The van der Waals surface area contributed by atoms with E-state index in [1.165, 1.54) is 41.9 Å². The Bertz CT molecular complexity index is 1540. The number of rotatable bonds is 9. The number of hydrogen-bond acceptors (Lipinski definition) is 9. The number of amides is 1. The van der Waals surface area contributed by atoms with Gasteiger partial charge < -0.3 is 4.74 Å². The maximum Gasteiger partial charge on any atom is 0.356 e. The average molecular weight is 602 g/mol. The van der Waals surface area contributed by atoms with Crippen LogP contribution in [-0.4, -0.2) is 55.4 Å². The van der Waals surface area contributed by atoms with Crippen LogP contribution in [0.3, 0.4) is 0 Å². The lowest BCUT2D eigenvalue weighted by atomic mass is 9.89. The number of β-lactam (4-membered cyclic amide) rings is 1. The number of nitrogens with zero attached hydrogens (tertiary/aromatic N) is 3. The monoisotopic (exact) mass is 601 g/mol. The van der Waals surface area contributed by atoms with Crippen molar-refractivity contribution in [3.63, 3.8) is 0 Å². The van der Waals surface area contributed by atoms with E-state index >= 15 is 0 Å². The summed E-state index contributed by atoms with van der Waals surface area (Å²) in [5, 5.41) is 10.4. The third kappa shape index (κ3) is 5.88. The van der Waals surface area contributed by atoms with E-state index in [-0.39, 0.29) is 28.2 Å². The summed E-state index contributed by atoms with van der Waals surface area (Å²) in [4.78, 5) is 55.9. The van der Waals surface area contributed by atoms with Crippen molar-refractivity contribution in [2.75, 3.05) is 11.5 Å². The number of benzene rings is 3. The molecule has 9 nitrogen and oxygen atoms in total. The number of thioether (sulfide) groups is 2. The summed E-state index contributed by atoms with van der Waals surface area (Å²) in [5.74, 6) is -0.339. The highest BCUT2D eigenvalue weighted by molar-refractivity contribution is 8.13. The Morgan fingerprint density at radius 3 is 2.24 bits per heavy atom. The minimum Gasteiger partial charge on any atom is -0.448 e. The third-order valence-electron chi connectivity index (χ3n) is 7.02. The molecule has 3 aromatic carbocycles. The first kappa shape index (κ1) is 29.3. The van der Waals surface area contributed by atoms with E-state index in [1.54, 1.807) is 19.1 Å². The molecule has 214 valence electrons. The molecule has 1 fully saturated rings. The molecule has 0 aromatic heterocycles. The first-order chi connectivity index (χ1) is 20.2. The Morgan fingerprint density at radius 2 is 1.69 bits per heavy atom. The van der Waals surface area contributed by atoms with Gasteiger partial charge in [-0.1, -0.05) is 72.4 Å². The van der Waals surface area contributed by atoms with Crippen LogP contribution in [0.5, 0.6) is 0 Å². The number of ether oxygens (including phenoxy) is 1. The normalized spacial score (nSPS) is 19.9. The number of carbonyl (C=O) groups excluding carboxylic acids is 3. The molecule has 1 saturated heterocycles. The molecule has 0 bridgehead atoms. The molecule has 0 aliphatic carbocycles. The highest BCUT2D eigenvalue weighted by atomic mass is 32.2. The minimum absolute atomic E-state index is 0.0411. The van der Waals surface area contributed by atoms with Gasteiger partial charge in [0, 0.05) is 36.8 Å². The van der Waals surface area contributed by atoms with Crippen LogP contribution in [-0.2, 0) is 19.1 Å². The number of nitro groups is 1. The lowest BCUT2D eigenvalue weighted by molar-refractivity contribution is -0.384. The topological polar surface area (TPSA) is 119 Å². The van der Waals surface area contributed by atoms with Gasteiger partial charge in [0.15, 0.2) is 16.8 Å². The summed E-state index contributed by atoms with van der Waals surface area (Å²) >= 11 is 2.55. The zero-order chi connectivity index (χ0) is 29.9. The van der Waals surface area contributed by atoms with Gasteiger partial charge in [0.1, 0.15) is 11.1 Å². The van der Waals surface area contributed by atoms with Crippen LogP contribution in [0.2, 0.25) is 0 Å². The molecule has 1 amide bonds. The molecule has 0 saturated carbocycles. The maximum absolute atomic E-state index is 14.0. The molecule has 0 spiro atoms. The average Bonchev–Trinajstić information content (AvgIpc) is 3.01. The Labute approximate surface area is 251 Å². The van der Waals surface area contributed by atoms with Gasteiger partial charge in [-0.25, -0.2) is 4.79 Å². The Balaban J connectivity index is 1.45. The fourth-order valence-electron chi connectivity index (χ4n) is 4.81. The lowest BCUT2D eigenvalue weighted by Gasteiger charge is -2.54. The van der Waals surface area contributed by atoms with Crippen LogP contribution in [0.15, 0.2) is 101 Å². The number of fused-ring (bicyclic) bond motifs is 1. The summed E-state index contributed by atoms with van der Waals surface area (Å²) in [6.45, 7) is 3.17. The van der Waals surface area contributed by atoms with Gasteiger partial charge in [-0.05, 0) is 41.3 Å². The van der Waals surface area contributed by atoms with Gasteiger partial charge in [0.25, 0.3) is 11.6 Å². The zero-order valence-corrected chi connectivity index (χ0v) is 24.5. The summed E-state index contributed by atoms with van der Waals surface area (Å²) in [5.41, 5.74) is 1.78. The molecular weight excluding hydrogens is 574 g/mol. The van der Waals surface area contributed by atoms with Crippen molar-refractivity contribution in [2.24, 2.45) is 4.99 Å². The molecule has 3 aromatic rings. The number of non-ortho nitro benzene ring substituents is 1. The van der Waals surface area contributed by atoms with E-state index in [0.717, 1.165) is 22.9 Å². The first-order valence-electron chi connectivity index (χ1n) is 13.1. The van der Waals surface area contributed by atoms with E-state index in [9.17, 15) is 24.5 Å². The zero-order valence-electron chi connectivity index (χ0n) is 22.8. The first-order valence-corrected chi connectivity index (χ1v) is 15.1. The molecule has 2 atom stereocenters. The van der Waals surface area contributed by atoms with Crippen molar-refractivity contribution in [2.45, 2.75) is 30.9 Å². The second-order valence-corrected chi connectivity index (χ2v) is 12.2. The van der Waals surface area contributed by atoms with Gasteiger partial charge in [-0.3, -0.25) is 29.6 Å². The van der Waals surface area contributed by atoms with Crippen LogP contribution in [0.1, 0.15) is 36.6 Å². The van der Waals surface area contributed by atoms with Gasteiger partial charge in [-0.15, -0.1) is 11.8 Å². The van der Waals surface area contributed by atoms with Crippen molar-refractivity contribution in [3.8, 4) is 0 Å². The van der Waals surface area contributed by atoms with Gasteiger partial charge in [0.05, 0.1) is 4.92 Å². The Hall–Kier alpha value is -4.22. The third-order valence-corrected chi connectivity index (χ3v) is 9.42. The van der Waals surface area contributed by atoms with Crippen LogP contribution < -0.4 is 0 Å². The molecular formula is C31H27N3O6S2. The Kier molecular flexibility index (Phi) is 8.60. The second-order valence-electron chi connectivity index (χ2n) is 9.93. The van der Waals surface area contributed by atoms with Crippen molar-refractivity contribution >= 4 is 52.4 Å². The molecule has 42 heavy (non-hydrogen) atoms. The number of aliphatic imine (C=N–C) groups is 1. The smallest absolute Gasteiger partial charge is 0.356 e. The molecule has 2 aliphatic rings. The van der Waals surface area contributed by atoms with E-state index in [1.807, 2.05) is 60.7 Å². The van der Waals surface area contributed by atoms with Gasteiger partial charge in [0.2, 0.25) is 0 Å². The predicted octanol–water partition coefficient (Wildman–Crippen LogP) is 5.55. The maximum atomic E-state index is 14.0. The van der Waals surface area contributed by atoms with Crippen LogP contribution >= 0.6 is 23.5 Å². The van der Waals surface area contributed by atoms with Crippen molar-refractivity contribution < 1.29 is 24.0 Å². The van der Waals surface area contributed by atoms with Crippen molar-refractivity contribution in [3.05, 3.63) is 123 Å². The second kappa shape index (κ2) is 12.3. The Morgan fingerprint density at radius 1 is 1.10 bits per heavy atom. The lowest BCUT2D eigenvalue weighted by Crippen LogP contribution is -2.71. The number of esters is 1. The van der Waals surface area contributed by atoms with E-state index in [2.05, 4.69) is 4.99 Å². The van der Waals surface area contributed by atoms with Crippen molar-refractivity contribution in [1.82, 2.24) is 4.90 Å². The molecule has 1 unspecified atom stereocenters. The van der Waals surface area contributed by atoms with Gasteiger partial charge in [-0.2, -0.15) is 0 Å². The van der Waals surface area contributed by atoms with Crippen LogP contribution in [0.25, 0.3) is 0 Å². The van der Waals surface area contributed by atoms with Gasteiger partial charge >= 0.3 is 5.97 Å². The molecule has 5 rings (SSSR count). The number of hydrogen-bond donors (Lipinski definition) is 0. The molecule has 0 N–H and O–H groups in total. The summed E-state index contributed by atoms with van der Waals surface area (Å²) in [6.07, 6.45) is 0.813. The molecule has 0 radical (unpaired) electrons. The highest BCUT2D eigenvalue weighted by Gasteiger charge is 2.62. The van der Waals surface area contributed by atoms with Crippen LogP contribution in [0, 0.1) is 10.1 Å². The van der Waals surface area contributed by atoms with E-state index in [4.69, 9.17) is 4.74 Å².